The van der Waals surface area contributed by atoms with Crippen molar-refractivity contribution in [3.63, 3.8) is 0 Å². The standard InChI is InChI=1S/C42H57N7O9/c50-34-13-14-35(51)47(34)25-28-1-7-31(8-2-28)40(56)43-19-22-46(23-20-44-41(57)32-9-3-29(4-10-32)26-48-36(52)15-16-37(48)53)24-21-45-42(58)33-11-5-30(6-12-33)27-49-38(54)17-18-39(49)55/h13-18,28-33H,1-12,19-27H2,(H,43,56)(H,44,57)(H,45,58). The molecule has 6 rings (SSSR count). The van der Waals surface area contributed by atoms with E-state index in [1.807, 2.05) is 0 Å². The topological polar surface area (TPSA) is 203 Å². The molecule has 0 spiro atoms. The van der Waals surface area contributed by atoms with E-state index in [-0.39, 0.29) is 88.7 Å². The van der Waals surface area contributed by atoms with Gasteiger partial charge in [-0.25, -0.2) is 0 Å². The van der Waals surface area contributed by atoms with Crippen LogP contribution in [-0.2, 0) is 43.2 Å². The molecule has 9 amide bonds. The average molecular weight is 804 g/mol. The Bertz CT molecular complexity index is 1450. The highest BCUT2D eigenvalue weighted by Gasteiger charge is 2.34. The van der Waals surface area contributed by atoms with Gasteiger partial charge in [-0.2, -0.15) is 0 Å². The van der Waals surface area contributed by atoms with Crippen LogP contribution in [0.25, 0.3) is 0 Å². The van der Waals surface area contributed by atoms with Gasteiger partial charge >= 0.3 is 0 Å². The number of carbonyl (C=O) groups is 9. The van der Waals surface area contributed by atoms with Crippen molar-refractivity contribution in [3.05, 3.63) is 36.5 Å². The van der Waals surface area contributed by atoms with E-state index in [4.69, 9.17) is 0 Å². The zero-order chi connectivity index (χ0) is 41.2. The van der Waals surface area contributed by atoms with Crippen molar-refractivity contribution in [1.29, 1.82) is 0 Å². The van der Waals surface area contributed by atoms with E-state index < -0.39 is 0 Å². The number of rotatable bonds is 18. The SMILES string of the molecule is O=C(NCCN(CCNC(=O)C1CCC(CN2C(=O)C=CC2=O)CC1)CCNC(=O)C1CCC(CN2C(=O)C=CC2=O)CC1)C1CCC(CN2C(=O)C=CC2=O)CC1. The fraction of sp³-hybridized carbons (Fsp3) is 0.643. The number of amides is 9. The zero-order valence-corrected chi connectivity index (χ0v) is 33.2. The molecule has 0 unspecified atom stereocenters. The van der Waals surface area contributed by atoms with Crippen molar-refractivity contribution in [2.24, 2.45) is 35.5 Å². The normalized spacial score (nSPS) is 27.4. The van der Waals surface area contributed by atoms with E-state index in [1.54, 1.807) is 0 Å². The van der Waals surface area contributed by atoms with Crippen molar-refractivity contribution < 1.29 is 43.2 Å². The number of carbonyl (C=O) groups excluding carboxylic acids is 9. The fourth-order valence-corrected chi connectivity index (χ4v) is 9.21. The van der Waals surface area contributed by atoms with Gasteiger partial charge in [0.05, 0.1) is 0 Å². The summed E-state index contributed by atoms with van der Waals surface area (Å²) >= 11 is 0. The van der Waals surface area contributed by atoms with Crippen LogP contribution in [0.2, 0.25) is 0 Å². The summed E-state index contributed by atoms with van der Waals surface area (Å²) in [7, 11) is 0. The van der Waals surface area contributed by atoms with Gasteiger partial charge in [0, 0.05) is 113 Å². The lowest BCUT2D eigenvalue weighted by atomic mass is 9.81. The number of nitrogens with one attached hydrogen (secondary N) is 3. The molecule has 3 aliphatic carbocycles. The summed E-state index contributed by atoms with van der Waals surface area (Å²) < 4.78 is 0. The van der Waals surface area contributed by atoms with Gasteiger partial charge in [-0.3, -0.25) is 62.8 Å². The second-order valence-electron chi connectivity index (χ2n) is 16.7. The van der Waals surface area contributed by atoms with Gasteiger partial charge in [0.15, 0.2) is 0 Å². The summed E-state index contributed by atoms with van der Waals surface area (Å²) in [5, 5.41) is 9.22. The first-order valence-corrected chi connectivity index (χ1v) is 21.1. The van der Waals surface area contributed by atoms with Crippen LogP contribution in [0.15, 0.2) is 36.5 Å². The predicted octanol–water partition coefficient (Wildman–Crippen LogP) is 0.831. The molecule has 0 radical (unpaired) electrons. The minimum atomic E-state index is -0.283. The molecule has 0 aromatic rings. The lowest BCUT2D eigenvalue weighted by molar-refractivity contribution is -0.139. The lowest BCUT2D eigenvalue weighted by Crippen LogP contribution is -2.45. The molecule has 0 aromatic heterocycles. The largest absolute Gasteiger partial charge is 0.355 e. The minimum absolute atomic E-state index is 0.0225. The summed E-state index contributed by atoms with van der Waals surface area (Å²) in [6.07, 6.45) is 16.4. The molecule has 0 bridgehead atoms. The first kappa shape index (κ1) is 42.6. The Morgan fingerprint density at radius 1 is 0.414 bits per heavy atom. The van der Waals surface area contributed by atoms with Crippen LogP contribution in [0.5, 0.6) is 0 Å². The summed E-state index contributed by atoms with van der Waals surface area (Å²) in [5.41, 5.74) is 0. The van der Waals surface area contributed by atoms with Crippen molar-refractivity contribution in [2.75, 3.05) is 58.9 Å². The van der Waals surface area contributed by atoms with Crippen LogP contribution < -0.4 is 16.0 Å². The first-order chi connectivity index (χ1) is 27.9. The van der Waals surface area contributed by atoms with E-state index in [2.05, 4.69) is 20.9 Å². The summed E-state index contributed by atoms with van der Waals surface area (Å²) in [5.74, 6) is -1.66. The van der Waals surface area contributed by atoms with Gasteiger partial charge in [-0.15, -0.1) is 0 Å². The molecular weight excluding hydrogens is 747 g/mol. The third-order valence-electron chi connectivity index (χ3n) is 12.9. The number of hydrogen-bond donors (Lipinski definition) is 3. The molecule has 16 heteroatoms. The highest BCUT2D eigenvalue weighted by molar-refractivity contribution is 6.14. The highest BCUT2D eigenvalue weighted by Crippen LogP contribution is 2.32. The van der Waals surface area contributed by atoms with Crippen LogP contribution >= 0.6 is 0 Å². The van der Waals surface area contributed by atoms with Gasteiger partial charge in [0.2, 0.25) is 17.7 Å². The molecule has 314 valence electrons. The first-order valence-electron chi connectivity index (χ1n) is 21.1. The maximum Gasteiger partial charge on any atom is 0.253 e. The van der Waals surface area contributed by atoms with Crippen molar-refractivity contribution >= 4 is 53.2 Å². The van der Waals surface area contributed by atoms with Crippen molar-refractivity contribution in [1.82, 2.24) is 35.6 Å². The molecule has 0 aromatic carbocycles. The van der Waals surface area contributed by atoms with Crippen LogP contribution in [0.3, 0.4) is 0 Å². The van der Waals surface area contributed by atoms with E-state index in [1.165, 1.54) is 51.2 Å². The molecular formula is C42H57N7O9. The fourth-order valence-electron chi connectivity index (χ4n) is 9.21. The Balaban J connectivity index is 0.917. The second-order valence-corrected chi connectivity index (χ2v) is 16.7. The Morgan fingerprint density at radius 2 is 0.638 bits per heavy atom. The van der Waals surface area contributed by atoms with E-state index in [9.17, 15) is 43.2 Å². The van der Waals surface area contributed by atoms with Crippen LogP contribution in [0.1, 0.15) is 77.0 Å². The van der Waals surface area contributed by atoms with Crippen LogP contribution in [0, 0.1) is 35.5 Å². The molecule has 3 saturated carbocycles. The number of imide groups is 3. The molecule has 3 heterocycles. The molecule has 16 nitrogen and oxygen atoms in total. The van der Waals surface area contributed by atoms with Gasteiger partial charge in [0.1, 0.15) is 0 Å². The van der Waals surface area contributed by atoms with Gasteiger partial charge < -0.3 is 16.0 Å². The number of nitrogens with zero attached hydrogens (tertiary/aromatic N) is 4. The Morgan fingerprint density at radius 3 is 0.862 bits per heavy atom. The molecule has 0 atom stereocenters. The van der Waals surface area contributed by atoms with Gasteiger partial charge in [-0.1, -0.05) is 0 Å². The average Bonchev–Trinajstić information content (AvgIpc) is 3.84. The molecule has 3 fully saturated rings. The van der Waals surface area contributed by atoms with Gasteiger partial charge in [-0.05, 0) is 94.8 Å². The zero-order valence-electron chi connectivity index (χ0n) is 33.2. The summed E-state index contributed by atoms with van der Waals surface area (Å²) in [6, 6.07) is 0. The van der Waals surface area contributed by atoms with Crippen LogP contribution in [0.4, 0.5) is 0 Å². The lowest BCUT2D eigenvalue weighted by Gasteiger charge is -2.31. The Kier molecular flexibility index (Phi) is 14.8. The predicted molar refractivity (Wildman–Crippen MR) is 209 cm³/mol. The monoisotopic (exact) mass is 803 g/mol. The number of hydrogen-bond acceptors (Lipinski definition) is 10. The van der Waals surface area contributed by atoms with E-state index in [0.717, 1.165) is 38.5 Å². The summed E-state index contributed by atoms with van der Waals surface area (Å²) in [4.78, 5) is 117. The molecule has 6 aliphatic rings. The maximum absolute atomic E-state index is 13.1. The molecule has 3 aliphatic heterocycles. The quantitative estimate of drug-likeness (QED) is 0.167. The third kappa shape index (κ3) is 11.4. The maximum atomic E-state index is 13.1. The highest BCUT2D eigenvalue weighted by atomic mass is 16.2. The third-order valence-corrected chi connectivity index (χ3v) is 12.9. The second kappa shape index (κ2) is 20.1. The molecule has 58 heavy (non-hydrogen) atoms. The van der Waals surface area contributed by atoms with Crippen molar-refractivity contribution in [2.45, 2.75) is 77.0 Å². The van der Waals surface area contributed by atoms with Crippen LogP contribution in [-0.4, -0.2) is 132 Å². The van der Waals surface area contributed by atoms with E-state index >= 15 is 0 Å². The Labute approximate surface area is 339 Å². The minimum Gasteiger partial charge on any atom is -0.355 e. The molecule has 3 N–H and O–H groups in total. The van der Waals surface area contributed by atoms with Gasteiger partial charge in [0.25, 0.3) is 35.4 Å². The van der Waals surface area contributed by atoms with E-state index in [0.29, 0.717) is 97.4 Å². The Hall–Kier alpha value is -4.99. The smallest absolute Gasteiger partial charge is 0.253 e. The molecule has 0 saturated heterocycles. The van der Waals surface area contributed by atoms with Crippen molar-refractivity contribution in [3.8, 4) is 0 Å². The summed E-state index contributed by atoms with van der Waals surface area (Å²) in [6.45, 7) is 3.87.